The highest BCUT2D eigenvalue weighted by Crippen LogP contribution is 2.33. The number of anilines is 1. The fourth-order valence-electron chi connectivity index (χ4n) is 2.52. The summed E-state index contributed by atoms with van der Waals surface area (Å²) in [6.07, 6.45) is 5.76. The van der Waals surface area contributed by atoms with Crippen molar-refractivity contribution in [1.82, 2.24) is 20.3 Å². The maximum Gasteiger partial charge on any atom is 0.261 e. The van der Waals surface area contributed by atoms with Crippen molar-refractivity contribution in [1.29, 1.82) is 0 Å². The summed E-state index contributed by atoms with van der Waals surface area (Å²) in [5, 5.41) is 7.05. The van der Waals surface area contributed by atoms with Crippen molar-refractivity contribution in [2.45, 2.75) is 13.3 Å². The SMILES string of the molecule is C=CCNC(=O)c1sc2ncnc(NCCc3ccccn3)c2c1C. The molecular weight excluding hydrogens is 334 g/mol. The molecule has 0 unspecified atom stereocenters. The van der Waals surface area contributed by atoms with Crippen LogP contribution in [-0.2, 0) is 6.42 Å². The first-order valence-electron chi connectivity index (χ1n) is 7.97. The molecule has 0 saturated carbocycles. The lowest BCUT2D eigenvalue weighted by atomic mass is 10.2. The fourth-order valence-corrected chi connectivity index (χ4v) is 3.59. The molecule has 0 bridgehead atoms. The lowest BCUT2D eigenvalue weighted by Crippen LogP contribution is -2.22. The third kappa shape index (κ3) is 3.83. The van der Waals surface area contributed by atoms with Crippen LogP contribution < -0.4 is 10.6 Å². The second kappa shape index (κ2) is 7.85. The lowest BCUT2D eigenvalue weighted by molar-refractivity contribution is 0.0961. The zero-order valence-corrected chi connectivity index (χ0v) is 14.8. The van der Waals surface area contributed by atoms with Gasteiger partial charge in [0.15, 0.2) is 0 Å². The second-order valence-electron chi connectivity index (χ2n) is 5.46. The summed E-state index contributed by atoms with van der Waals surface area (Å²) in [5.41, 5.74) is 1.91. The molecule has 0 aliphatic rings. The van der Waals surface area contributed by atoms with E-state index in [1.807, 2.05) is 25.1 Å². The summed E-state index contributed by atoms with van der Waals surface area (Å²) in [4.78, 5) is 26.7. The first kappa shape index (κ1) is 17.0. The Bertz CT molecular complexity index is 891. The quantitative estimate of drug-likeness (QED) is 0.638. The Morgan fingerprint density at radius 3 is 2.96 bits per heavy atom. The smallest absolute Gasteiger partial charge is 0.261 e. The second-order valence-corrected chi connectivity index (χ2v) is 6.45. The molecule has 3 heterocycles. The summed E-state index contributed by atoms with van der Waals surface area (Å²) in [6.45, 7) is 6.68. The summed E-state index contributed by atoms with van der Waals surface area (Å²) < 4.78 is 0. The number of fused-ring (bicyclic) bond motifs is 1. The van der Waals surface area contributed by atoms with E-state index in [0.29, 0.717) is 18.0 Å². The summed E-state index contributed by atoms with van der Waals surface area (Å²) in [6, 6.07) is 5.87. The maximum absolute atomic E-state index is 12.3. The van der Waals surface area contributed by atoms with E-state index in [0.717, 1.165) is 33.7 Å². The van der Waals surface area contributed by atoms with Gasteiger partial charge in [-0.25, -0.2) is 9.97 Å². The van der Waals surface area contributed by atoms with Gasteiger partial charge in [0, 0.05) is 31.4 Å². The molecule has 0 spiro atoms. The Hall–Kier alpha value is -2.80. The molecule has 128 valence electrons. The predicted octanol–water partition coefficient (Wildman–Crippen LogP) is 2.97. The van der Waals surface area contributed by atoms with E-state index in [1.165, 1.54) is 17.7 Å². The molecule has 1 amide bonds. The Morgan fingerprint density at radius 1 is 1.32 bits per heavy atom. The molecule has 7 heteroatoms. The molecule has 0 radical (unpaired) electrons. The van der Waals surface area contributed by atoms with Gasteiger partial charge in [0.05, 0.1) is 10.3 Å². The molecule has 0 aliphatic carbocycles. The third-order valence-electron chi connectivity index (χ3n) is 3.74. The molecule has 0 fully saturated rings. The monoisotopic (exact) mass is 353 g/mol. The molecule has 0 aliphatic heterocycles. The molecule has 25 heavy (non-hydrogen) atoms. The van der Waals surface area contributed by atoms with Crippen LogP contribution in [0.5, 0.6) is 0 Å². The predicted molar refractivity (Wildman–Crippen MR) is 101 cm³/mol. The van der Waals surface area contributed by atoms with Gasteiger partial charge in [0.1, 0.15) is 17.0 Å². The highest BCUT2D eigenvalue weighted by Gasteiger charge is 2.18. The average molecular weight is 353 g/mol. The van der Waals surface area contributed by atoms with Gasteiger partial charge in [0.25, 0.3) is 5.91 Å². The number of aromatic nitrogens is 3. The van der Waals surface area contributed by atoms with Crippen molar-refractivity contribution >= 4 is 33.3 Å². The van der Waals surface area contributed by atoms with E-state index in [2.05, 4.69) is 32.2 Å². The van der Waals surface area contributed by atoms with Crippen LogP contribution in [0, 0.1) is 6.92 Å². The number of hydrogen-bond acceptors (Lipinski definition) is 6. The minimum Gasteiger partial charge on any atom is -0.369 e. The molecule has 3 rings (SSSR count). The first-order chi connectivity index (χ1) is 12.2. The van der Waals surface area contributed by atoms with E-state index in [1.54, 1.807) is 12.3 Å². The molecule has 3 aromatic rings. The zero-order chi connectivity index (χ0) is 17.6. The number of thiophene rings is 1. The number of amides is 1. The normalized spacial score (nSPS) is 10.6. The van der Waals surface area contributed by atoms with Crippen molar-refractivity contribution in [3.63, 3.8) is 0 Å². The molecule has 0 atom stereocenters. The minimum absolute atomic E-state index is 0.111. The fraction of sp³-hybridized carbons (Fsp3) is 0.222. The summed E-state index contributed by atoms with van der Waals surface area (Å²) in [5.74, 6) is 0.636. The highest BCUT2D eigenvalue weighted by molar-refractivity contribution is 7.20. The van der Waals surface area contributed by atoms with Crippen LogP contribution in [0.1, 0.15) is 20.9 Å². The van der Waals surface area contributed by atoms with E-state index < -0.39 is 0 Å². The number of carbonyl (C=O) groups is 1. The van der Waals surface area contributed by atoms with Crippen molar-refractivity contribution in [3.05, 3.63) is 59.5 Å². The van der Waals surface area contributed by atoms with Gasteiger partial charge in [-0.2, -0.15) is 0 Å². The van der Waals surface area contributed by atoms with Gasteiger partial charge in [-0.1, -0.05) is 12.1 Å². The van der Waals surface area contributed by atoms with Crippen molar-refractivity contribution in [3.8, 4) is 0 Å². The molecule has 0 aromatic carbocycles. The van der Waals surface area contributed by atoms with Crippen molar-refractivity contribution in [2.24, 2.45) is 0 Å². The Morgan fingerprint density at radius 2 is 2.20 bits per heavy atom. The molecule has 3 aromatic heterocycles. The molecule has 2 N–H and O–H groups in total. The van der Waals surface area contributed by atoms with Crippen LogP contribution in [-0.4, -0.2) is 33.9 Å². The molecular formula is C18H19N5OS. The van der Waals surface area contributed by atoms with E-state index in [9.17, 15) is 4.79 Å². The summed E-state index contributed by atoms with van der Waals surface area (Å²) in [7, 11) is 0. The van der Waals surface area contributed by atoms with E-state index >= 15 is 0 Å². The van der Waals surface area contributed by atoms with E-state index in [4.69, 9.17) is 0 Å². The van der Waals surface area contributed by atoms with Gasteiger partial charge in [-0.3, -0.25) is 9.78 Å². The number of hydrogen-bond donors (Lipinski definition) is 2. The van der Waals surface area contributed by atoms with Gasteiger partial charge in [-0.05, 0) is 24.6 Å². The number of aryl methyl sites for hydroxylation is 1. The average Bonchev–Trinajstić information content (AvgIpc) is 2.98. The third-order valence-corrected chi connectivity index (χ3v) is 4.94. The van der Waals surface area contributed by atoms with Crippen molar-refractivity contribution < 1.29 is 4.79 Å². The van der Waals surface area contributed by atoms with Gasteiger partial charge in [0.2, 0.25) is 0 Å². The lowest BCUT2D eigenvalue weighted by Gasteiger charge is -2.07. The van der Waals surface area contributed by atoms with Crippen LogP contribution in [0.4, 0.5) is 5.82 Å². The molecule has 6 nitrogen and oxygen atoms in total. The van der Waals surface area contributed by atoms with Crippen LogP contribution in [0.3, 0.4) is 0 Å². The number of carbonyl (C=O) groups excluding carboxylic acids is 1. The van der Waals surface area contributed by atoms with Crippen LogP contribution in [0.25, 0.3) is 10.2 Å². The Kier molecular flexibility index (Phi) is 5.35. The number of nitrogens with one attached hydrogen (secondary N) is 2. The van der Waals surface area contributed by atoms with Crippen molar-refractivity contribution in [2.75, 3.05) is 18.4 Å². The van der Waals surface area contributed by atoms with Crippen LogP contribution in [0.15, 0.2) is 43.4 Å². The topological polar surface area (TPSA) is 79.8 Å². The number of rotatable bonds is 7. The van der Waals surface area contributed by atoms with Crippen LogP contribution in [0.2, 0.25) is 0 Å². The minimum atomic E-state index is -0.111. The number of pyridine rings is 1. The van der Waals surface area contributed by atoms with Gasteiger partial charge in [-0.15, -0.1) is 17.9 Å². The number of nitrogens with zero attached hydrogens (tertiary/aromatic N) is 3. The summed E-state index contributed by atoms with van der Waals surface area (Å²) >= 11 is 1.38. The van der Waals surface area contributed by atoms with Gasteiger partial charge >= 0.3 is 0 Å². The largest absolute Gasteiger partial charge is 0.369 e. The van der Waals surface area contributed by atoms with Crippen LogP contribution >= 0.6 is 11.3 Å². The van der Waals surface area contributed by atoms with Gasteiger partial charge < -0.3 is 10.6 Å². The Labute approximate surface area is 150 Å². The maximum atomic E-state index is 12.3. The Balaban J connectivity index is 1.80. The standard InChI is InChI=1S/C18H19N5OS/c1-3-8-21-17(24)15-12(2)14-16(22-11-23-18(14)25-15)20-10-7-13-6-4-5-9-19-13/h3-6,9,11H,1,7-8,10H2,2H3,(H,21,24)(H,20,22,23). The molecule has 0 saturated heterocycles. The highest BCUT2D eigenvalue weighted by atomic mass is 32.1. The van der Waals surface area contributed by atoms with E-state index in [-0.39, 0.29) is 5.91 Å². The zero-order valence-electron chi connectivity index (χ0n) is 14.0. The first-order valence-corrected chi connectivity index (χ1v) is 8.79.